The van der Waals surface area contributed by atoms with E-state index in [0.29, 0.717) is 37.8 Å². The Labute approximate surface area is 249 Å². The van der Waals surface area contributed by atoms with Crippen LogP contribution in [0.1, 0.15) is 31.4 Å². The quantitative estimate of drug-likeness (QED) is 0.247. The largest absolute Gasteiger partial charge is 0.352 e. The molecule has 220 valence electrons. The van der Waals surface area contributed by atoms with Crippen molar-refractivity contribution in [1.29, 1.82) is 0 Å². The van der Waals surface area contributed by atoms with E-state index in [1.165, 1.54) is 18.5 Å². The van der Waals surface area contributed by atoms with Gasteiger partial charge >= 0.3 is 0 Å². The summed E-state index contributed by atoms with van der Waals surface area (Å²) < 4.78 is 80.3. The maximum absolute atomic E-state index is 14.6. The zero-order valence-corrected chi connectivity index (χ0v) is 25.9. The van der Waals surface area contributed by atoms with Crippen molar-refractivity contribution < 1.29 is 25.6 Å². The molecule has 1 aliphatic carbocycles. The third-order valence-electron chi connectivity index (χ3n) is 7.40. The van der Waals surface area contributed by atoms with Crippen LogP contribution >= 0.6 is 15.9 Å². The van der Waals surface area contributed by atoms with Gasteiger partial charge in [-0.15, -0.1) is 0 Å². The summed E-state index contributed by atoms with van der Waals surface area (Å²) in [6, 6.07) is 9.50. The molecule has 4 aromatic rings. The number of nitrogens with one attached hydrogen (secondary N) is 2. The summed E-state index contributed by atoms with van der Waals surface area (Å²) in [6.45, 7) is 3.25. The molecule has 2 aromatic heterocycles. The van der Waals surface area contributed by atoms with Crippen molar-refractivity contribution in [3.05, 3.63) is 110 Å². The van der Waals surface area contributed by atoms with Crippen LogP contribution in [0, 0.1) is 11.6 Å². The fraction of sp³-hybridized carbons (Fsp3) is 0.207. The molecule has 13 heteroatoms. The van der Waals surface area contributed by atoms with Crippen LogP contribution in [0.15, 0.2) is 81.9 Å². The minimum absolute atomic E-state index is 0.0107. The molecule has 0 amide bonds. The number of sulfone groups is 1. The first-order chi connectivity index (χ1) is 19.6. The number of hydrogen-bond donors (Lipinski definition) is 2. The van der Waals surface area contributed by atoms with Crippen LogP contribution in [0.25, 0.3) is 16.5 Å². The van der Waals surface area contributed by atoms with Crippen molar-refractivity contribution in [3.8, 4) is 0 Å². The highest BCUT2D eigenvalue weighted by atomic mass is 79.9. The minimum atomic E-state index is -4.14. The van der Waals surface area contributed by atoms with E-state index >= 15 is 0 Å². The Balaban J connectivity index is 1.61. The highest BCUT2D eigenvalue weighted by Gasteiger charge is 2.43. The summed E-state index contributed by atoms with van der Waals surface area (Å²) >= 11 is 3.46. The average Bonchev–Trinajstić information content (AvgIpc) is 3.34. The predicted octanol–water partition coefficient (Wildman–Crippen LogP) is 6.03. The topological polar surface area (TPSA) is 118 Å². The molecular weight excluding hydrogens is 652 g/mol. The lowest BCUT2D eigenvalue weighted by atomic mass is 9.86. The van der Waals surface area contributed by atoms with Crippen molar-refractivity contribution >= 4 is 63.6 Å². The predicted molar refractivity (Wildman–Crippen MR) is 164 cm³/mol. The van der Waals surface area contributed by atoms with Gasteiger partial charge in [-0.05, 0) is 89.3 Å². The number of benzene rings is 2. The van der Waals surface area contributed by atoms with Crippen LogP contribution in [0.2, 0.25) is 0 Å². The van der Waals surface area contributed by atoms with Gasteiger partial charge in [0.2, 0.25) is 10.0 Å². The van der Waals surface area contributed by atoms with Gasteiger partial charge in [0, 0.05) is 40.1 Å². The Morgan fingerprint density at radius 3 is 2.50 bits per heavy atom. The highest BCUT2D eigenvalue weighted by Crippen LogP contribution is 2.43. The smallest absolute Gasteiger partial charge is 0.273 e. The van der Waals surface area contributed by atoms with Gasteiger partial charge < -0.3 is 10.3 Å². The SMILES string of the molecule is CC1=CC(c2cc(CS(C)(=O)=O)cc(Br)c2Nc2ccc(F)cc2F)=CCC1(C)S(=O)(=O)n1ccc2cc[nH]c(=O)c21. The molecule has 2 N–H and O–H groups in total. The van der Waals surface area contributed by atoms with Crippen LogP contribution < -0.4 is 10.9 Å². The normalized spacial score (nSPS) is 17.7. The average molecular weight is 679 g/mol. The standard InChI is InChI=1S/C29H26BrF2N3O5S2/c1-17-12-20(6-9-29(17,2)42(39,40)35-11-8-19-7-10-33-28(36)27(19)35)22-13-18(16-41(3,37)38)14-23(30)26(22)34-25-5-4-21(31)15-24(25)32/h4-8,10-15,34H,9,16H2,1-3H3,(H,33,36). The van der Waals surface area contributed by atoms with Crippen molar-refractivity contribution in [2.24, 2.45) is 0 Å². The lowest BCUT2D eigenvalue weighted by Crippen LogP contribution is -2.41. The number of rotatable bonds is 7. The monoisotopic (exact) mass is 677 g/mol. The number of halogens is 3. The van der Waals surface area contributed by atoms with Crippen molar-refractivity contribution in [2.75, 3.05) is 11.6 Å². The summed E-state index contributed by atoms with van der Waals surface area (Å²) in [5, 5.41) is 3.45. The first kappa shape index (κ1) is 29.9. The Morgan fingerprint density at radius 1 is 1.10 bits per heavy atom. The van der Waals surface area contributed by atoms with Gasteiger partial charge in [-0.25, -0.2) is 29.6 Å². The molecule has 1 atom stereocenters. The van der Waals surface area contributed by atoms with Gasteiger partial charge in [0.1, 0.15) is 21.9 Å². The van der Waals surface area contributed by atoms with E-state index < -0.39 is 41.8 Å². The molecule has 0 radical (unpaired) electrons. The number of nitrogens with zero attached hydrogens (tertiary/aromatic N) is 1. The van der Waals surface area contributed by atoms with Gasteiger partial charge in [0.05, 0.1) is 17.1 Å². The maximum Gasteiger partial charge on any atom is 0.273 e. The molecule has 2 heterocycles. The van der Waals surface area contributed by atoms with Crippen LogP contribution in [-0.2, 0) is 25.6 Å². The Bertz CT molecular complexity index is 2100. The van der Waals surface area contributed by atoms with Crippen LogP contribution in [0.3, 0.4) is 0 Å². The van der Waals surface area contributed by atoms with Crippen LogP contribution in [0.5, 0.6) is 0 Å². The molecule has 0 spiro atoms. The molecular formula is C29H26BrF2N3O5S2. The van der Waals surface area contributed by atoms with E-state index in [-0.39, 0.29) is 23.4 Å². The highest BCUT2D eigenvalue weighted by molar-refractivity contribution is 9.10. The number of anilines is 2. The molecule has 0 saturated carbocycles. The van der Waals surface area contributed by atoms with Crippen LogP contribution in [-0.4, -0.2) is 36.8 Å². The molecule has 0 saturated heterocycles. The van der Waals surface area contributed by atoms with Crippen molar-refractivity contribution in [2.45, 2.75) is 30.8 Å². The molecule has 8 nitrogen and oxygen atoms in total. The number of aromatic amines is 1. The van der Waals surface area contributed by atoms with E-state index in [4.69, 9.17) is 0 Å². The number of H-pyrrole nitrogens is 1. The van der Waals surface area contributed by atoms with Crippen molar-refractivity contribution in [3.63, 3.8) is 0 Å². The van der Waals surface area contributed by atoms with E-state index in [1.807, 2.05) is 0 Å². The third-order valence-corrected chi connectivity index (χ3v) is 11.3. The summed E-state index contributed by atoms with van der Waals surface area (Å²) in [7, 11) is -7.54. The lowest BCUT2D eigenvalue weighted by Gasteiger charge is -2.33. The maximum atomic E-state index is 14.6. The van der Waals surface area contributed by atoms with Crippen LogP contribution in [0.4, 0.5) is 20.2 Å². The van der Waals surface area contributed by atoms with E-state index in [2.05, 4.69) is 26.2 Å². The van der Waals surface area contributed by atoms with Gasteiger partial charge in [-0.3, -0.25) is 4.79 Å². The molecule has 1 aliphatic rings. The van der Waals surface area contributed by atoms with E-state index in [9.17, 15) is 30.4 Å². The van der Waals surface area contributed by atoms with Gasteiger partial charge in [-0.2, -0.15) is 0 Å². The second-order valence-electron chi connectivity index (χ2n) is 10.5. The number of fused-ring (bicyclic) bond motifs is 1. The summed E-state index contributed by atoms with van der Waals surface area (Å²) in [5.74, 6) is -1.83. The molecule has 0 bridgehead atoms. The van der Waals surface area contributed by atoms with Crippen molar-refractivity contribution in [1.82, 2.24) is 8.96 Å². The number of hydrogen-bond acceptors (Lipinski definition) is 6. The Kier molecular flexibility index (Phi) is 7.57. The molecule has 42 heavy (non-hydrogen) atoms. The van der Waals surface area contributed by atoms with E-state index in [0.717, 1.165) is 22.4 Å². The zero-order valence-electron chi connectivity index (χ0n) is 22.7. The fourth-order valence-corrected chi connectivity index (χ4v) is 8.25. The summed E-state index contributed by atoms with van der Waals surface area (Å²) in [5.41, 5.74) is 1.82. The third kappa shape index (κ3) is 5.36. The molecule has 2 aromatic carbocycles. The second kappa shape index (κ2) is 10.6. The fourth-order valence-electron chi connectivity index (χ4n) is 5.02. The van der Waals surface area contributed by atoms with Gasteiger partial charge in [-0.1, -0.05) is 12.2 Å². The van der Waals surface area contributed by atoms with Gasteiger partial charge in [0.15, 0.2) is 9.84 Å². The molecule has 0 fully saturated rings. The first-order valence-corrected chi connectivity index (χ1v) is 17.0. The Morgan fingerprint density at radius 2 is 1.83 bits per heavy atom. The first-order valence-electron chi connectivity index (χ1n) is 12.7. The molecule has 0 aliphatic heterocycles. The summed E-state index contributed by atoms with van der Waals surface area (Å²) in [4.78, 5) is 15.1. The van der Waals surface area contributed by atoms with E-state index in [1.54, 1.807) is 50.3 Å². The minimum Gasteiger partial charge on any atom is -0.352 e. The summed E-state index contributed by atoms with van der Waals surface area (Å²) in [6.07, 6.45) is 7.32. The Hall–Kier alpha value is -3.55. The second-order valence-corrected chi connectivity index (χ2v) is 15.7. The number of pyridine rings is 1. The number of allylic oxidation sites excluding steroid dienone is 3. The van der Waals surface area contributed by atoms with Gasteiger partial charge in [0.25, 0.3) is 5.56 Å². The molecule has 1 unspecified atom stereocenters. The lowest BCUT2D eigenvalue weighted by molar-refractivity contribution is 0.547. The molecule has 5 rings (SSSR count). The number of aromatic nitrogens is 2. The zero-order chi connectivity index (χ0) is 30.6.